The van der Waals surface area contributed by atoms with Crippen molar-refractivity contribution in [1.82, 2.24) is 4.98 Å². The summed E-state index contributed by atoms with van der Waals surface area (Å²) in [5, 5.41) is 0.883. The van der Waals surface area contributed by atoms with Gasteiger partial charge in [-0.1, -0.05) is 20.8 Å². The molecule has 0 bridgehead atoms. The molecule has 21 heavy (non-hydrogen) atoms. The second-order valence-electron chi connectivity index (χ2n) is 5.96. The molecule has 0 atom stereocenters. The molecular formula is C17H21NO2S. The minimum atomic E-state index is -0.138. The zero-order valence-electron chi connectivity index (χ0n) is 13.2. The standard InChI is InChI=1S/C17H21NO2S/c1-6-20-13-9-7-12(8-10-13)16-18-15(17(3,4)5)14(21-16)11(2)19/h7-10H,6H2,1-5H3. The number of thiazole rings is 1. The Hall–Kier alpha value is -1.68. The van der Waals surface area contributed by atoms with Gasteiger partial charge in [0.2, 0.25) is 0 Å². The van der Waals surface area contributed by atoms with Gasteiger partial charge < -0.3 is 4.74 Å². The summed E-state index contributed by atoms with van der Waals surface area (Å²) in [7, 11) is 0. The average Bonchev–Trinajstić information content (AvgIpc) is 2.85. The SMILES string of the molecule is CCOc1ccc(-c2nc(C(C)(C)C)c(C(C)=O)s2)cc1. The molecule has 0 radical (unpaired) electrons. The first-order valence-corrected chi connectivity index (χ1v) is 7.90. The minimum absolute atomic E-state index is 0.0783. The van der Waals surface area contributed by atoms with E-state index in [0.717, 1.165) is 26.9 Å². The van der Waals surface area contributed by atoms with Gasteiger partial charge in [-0.25, -0.2) is 4.98 Å². The summed E-state index contributed by atoms with van der Waals surface area (Å²) in [6.45, 7) is 10.5. The molecule has 1 aromatic heterocycles. The summed E-state index contributed by atoms with van der Waals surface area (Å²) in [6.07, 6.45) is 0. The number of ether oxygens (including phenoxy) is 1. The molecule has 112 valence electrons. The average molecular weight is 303 g/mol. The van der Waals surface area contributed by atoms with Gasteiger partial charge in [-0.05, 0) is 31.2 Å². The summed E-state index contributed by atoms with van der Waals surface area (Å²) in [6, 6.07) is 7.84. The molecular weight excluding hydrogens is 282 g/mol. The molecule has 0 amide bonds. The van der Waals surface area contributed by atoms with Gasteiger partial charge in [0.05, 0.1) is 17.2 Å². The van der Waals surface area contributed by atoms with Gasteiger partial charge in [0.25, 0.3) is 0 Å². The van der Waals surface area contributed by atoms with Crippen LogP contribution in [0.4, 0.5) is 0 Å². The lowest BCUT2D eigenvalue weighted by Gasteiger charge is -2.16. The molecule has 0 aliphatic rings. The second-order valence-corrected chi connectivity index (χ2v) is 6.96. The molecule has 0 fully saturated rings. The molecule has 4 heteroatoms. The van der Waals surface area contributed by atoms with Gasteiger partial charge in [-0.3, -0.25) is 4.79 Å². The fourth-order valence-corrected chi connectivity index (χ4v) is 3.23. The maximum Gasteiger partial charge on any atom is 0.171 e. The van der Waals surface area contributed by atoms with Crippen molar-refractivity contribution in [3.8, 4) is 16.3 Å². The Morgan fingerprint density at radius 1 is 1.24 bits per heavy atom. The number of Topliss-reactive ketones (excluding diaryl/α,β-unsaturated/α-hetero) is 1. The van der Waals surface area contributed by atoms with Gasteiger partial charge in [-0.15, -0.1) is 11.3 Å². The summed E-state index contributed by atoms with van der Waals surface area (Å²) < 4.78 is 5.45. The van der Waals surface area contributed by atoms with Crippen LogP contribution < -0.4 is 4.74 Å². The number of benzene rings is 1. The van der Waals surface area contributed by atoms with Crippen LogP contribution in [0, 0.1) is 0 Å². The first-order chi connectivity index (χ1) is 9.82. The van der Waals surface area contributed by atoms with Crippen LogP contribution in [0.5, 0.6) is 5.75 Å². The summed E-state index contributed by atoms with van der Waals surface area (Å²) in [5.74, 6) is 0.926. The zero-order valence-corrected chi connectivity index (χ0v) is 14.0. The molecule has 2 aromatic rings. The van der Waals surface area contributed by atoms with E-state index in [0.29, 0.717) is 6.61 Å². The normalized spacial score (nSPS) is 11.5. The van der Waals surface area contributed by atoms with Crippen LogP contribution >= 0.6 is 11.3 Å². The van der Waals surface area contributed by atoms with E-state index in [1.807, 2.05) is 31.2 Å². The Kier molecular flexibility index (Phi) is 4.47. The van der Waals surface area contributed by atoms with Gasteiger partial charge in [0.15, 0.2) is 5.78 Å². The second kappa shape index (κ2) is 5.98. The van der Waals surface area contributed by atoms with Crippen LogP contribution in [0.1, 0.15) is 50.0 Å². The highest BCUT2D eigenvalue weighted by atomic mass is 32.1. The highest BCUT2D eigenvalue weighted by molar-refractivity contribution is 7.17. The lowest BCUT2D eigenvalue weighted by molar-refractivity contribution is 0.101. The number of hydrogen-bond donors (Lipinski definition) is 0. The van der Waals surface area contributed by atoms with Crippen LogP contribution in [0.15, 0.2) is 24.3 Å². The molecule has 0 N–H and O–H groups in total. The molecule has 0 unspecified atom stereocenters. The number of carbonyl (C=O) groups excluding carboxylic acids is 1. The number of nitrogens with zero attached hydrogens (tertiary/aromatic N) is 1. The maximum atomic E-state index is 11.8. The number of rotatable bonds is 4. The summed E-state index contributed by atoms with van der Waals surface area (Å²) in [4.78, 5) is 17.3. The molecule has 0 saturated heterocycles. The molecule has 1 heterocycles. The molecule has 2 rings (SSSR count). The Bertz CT molecular complexity index is 636. The highest BCUT2D eigenvalue weighted by Gasteiger charge is 2.25. The third-order valence-electron chi connectivity index (χ3n) is 3.07. The van der Waals surface area contributed by atoms with Gasteiger partial charge in [0.1, 0.15) is 10.8 Å². The predicted molar refractivity (Wildman–Crippen MR) is 87.4 cm³/mol. The van der Waals surface area contributed by atoms with Crippen LogP contribution in [0.2, 0.25) is 0 Å². The van der Waals surface area contributed by atoms with Gasteiger partial charge in [0, 0.05) is 17.9 Å². The fourth-order valence-electron chi connectivity index (χ4n) is 2.05. The van der Waals surface area contributed by atoms with E-state index in [2.05, 4.69) is 20.8 Å². The van der Waals surface area contributed by atoms with Crippen molar-refractivity contribution in [1.29, 1.82) is 0 Å². The van der Waals surface area contributed by atoms with Crippen LogP contribution in [-0.4, -0.2) is 17.4 Å². The topological polar surface area (TPSA) is 39.2 Å². The van der Waals surface area contributed by atoms with E-state index in [-0.39, 0.29) is 11.2 Å². The van der Waals surface area contributed by atoms with Gasteiger partial charge in [-0.2, -0.15) is 0 Å². The molecule has 0 saturated carbocycles. The van der Waals surface area contributed by atoms with Crippen molar-refractivity contribution < 1.29 is 9.53 Å². The van der Waals surface area contributed by atoms with Crippen LogP contribution in [-0.2, 0) is 5.41 Å². The molecule has 0 aliphatic carbocycles. The number of ketones is 1. The maximum absolute atomic E-state index is 11.8. The van der Waals surface area contributed by atoms with E-state index in [1.54, 1.807) is 6.92 Å². The lowest BCUT2D eigenvalue weighted by Crippen LogP contribution is -2.15. The monoisotopic (exact) mass is 303 g/mol. The van der Waals surface area contributed by atoms with Crippen molar-refractivity contribution in [3.05, 3.63) is 34.8 Å². The largest absolute Gasteiger partial charge is 0.494 e. The molecule has 1 aromatic carbocycles. The van der Waals surface area contributed by atoms with E-state index in [1.165, 1.54) is 11.3 Å². The lowest BCUT2D eigenvalue weighted by atomic mass is 9.90. The highest BCUT2D eigenvalue weighted by Crippen LogP contribution is 2.35. The summed E-state index contributed by atoms with van der Waals surface area (Å²) in [5.41, 5.74) is 1.76. The fraction of sp³-hybridized carbons (Fsp3) is 0.412. The van der Waals surface area contributed by atoms with Crippen molar-refractivity contribution >= 4 is 17.1 Å². The zero-order chi connectivity index (χ0) is 15.6. The van der Waals surface area contributed by atoms with E-state index in [9.17, 15) is 4.79 Å². The van der Waals surface area contributed by atoms with E-state index in [4.69, 9.17) is 9.72 Å². The number of hydrogen-bond acceptors (Lipinski definition) is 4. The predicted octanol–water partition coefficient (Wildman–Crippen LogP) is 4.71. The third kappa shape index (κ3) is 3.50. The van der Waals surface area contributed by atoms with E-state index < -0.39 is 0 Å². The third-order valence-corrected chi connectivity index (χ3v) is 4.27. The quantitative estimate of drug-likeness (QED) is 0.768. The first-order valence-electron chi connectivity index (χ1n) is 7.08. The molecule has 3 nitrogen and oxygen atoms in total. The Labute approximate surface area is 130 Å². The number of aromatic nitrogens is 1. The Morgan fingerprint density at radius 2 is 1.86 bits per heavy atom. The number of carbonyl (C=O) groups is 1. The van der Waals surface area contributed by atoms with Crippen molar-refractivity contribution in [3.63, 3.8) is 0 Å². The van der Waals surface area contributed by atoms with Crippen molar-refractivity contribution in [2.45, 2.75) is 40.0 Å². The molecule has 0 aliphatic heterocycles. The molecule has 0 spiro atoms. The summed E-state index contributed by atoms with van der Waals surface area (Å²) >= 11 is 1.47. The van der Waals surface area contributed by atoms with Crippen molar-refractivity contribution in [2.24, 2.45) is 0 Å². The van der Waals surface area contributed by atoms with Crippen molar-refractivity contribution in [2.75, 3.05) is 6.61 Å². The Balaban J connectivity index is 2.43. The smallest absolute Gasteiger partial charge is 0.171 e. The van der Waals surface area contributed by atoms with E-state index >= 15 is 0 Å². The first kappa shape index (κ1) is 15.7. The van der Waals surface area contributed by atoms with Crippen LogP contribution in [0.3, 0.4) is 0 Å². The Morgan fingerprint density at radius 3 is 2.29 bits per heavy atom. The van der Waals surface area contributed by atoms with Gasteiger partial charge >= 0.3 is 0 Å². The minimum Gasteiger partial charge on any atom is -0.494 e. The van der Waals surface area contributed by atoms with Crippen LogP contribution in [0.25, 0.3) is 10.6 Å².